The topological polar surface area (TPSA) is 69.6 Å². The normalized spacial score (nSPS) is 18.7. The highest BCUT2D eigenvalue weighted by Crippen LogP contribution is 2.20. The van der Waals surface area contributed by atoms with Crippen molar-refractivity contribution in [1.29, 1.82) is 0 Å². The number of aliphatic hydroxyl groups is 1. The van der Waals surface area contributed by atoms with Gasteiger partial charge in [-0.2, -0.15) is 0 Å². The number of piperidine rings is 1. The molecule has 1 aromatic carbocycles. The van der Waals surface area contributed by atoms with Gasteiger partial charge in [-0.15, -0.1) is 0 Å². The first-order valence-corrected chi connectivity index (χ1v) is 9.19. The van der Waals surface area contributed by atoms with Crippen molar-refractivity contribution in [2.24, 2.45) is 5.92 Å². The van der Waals surface area contributed by atoms with Crippen molar-refractivity contribution < 1.29 is 14.7 Å². The summed E-state index contributed by atoms with van der Waals surface area (Å²) in [6, 6.07) is 5.92. The number of carbonyl (C=O) groups is 2. The zero-order chi connectivity index (χ0) is 18.4. The number of hydrogen-bond acceptors (Lipinski definition) is 3. The lowest BCUT2D eigenvalue weighted by molar-refractivity contribution is -0.127. The van der Waals surface area contributed by atoms with E-state index in [1.165, 1.54) is 0 Å². The Hall–Kier alpha value is -1.88. The van der Waals surface area contributed by atoms with Gasteiger partial charge in [-0.25, -0.2) is 0 Å². The van der Waals surface area contributed by atoms with Crippen molar-refractivity contribution in [2.75, 3.05) is 19.7 Å². The number of hydrogen-bond donors (Lipinski definition) is 2. The van der Waals surface area contributed by atoms with Gasteiger partial charge in [0.1, 0.15) is 0 Å². The van der Waals surface area contributed by atoms with Gasteiger partial charge >= 0.3 is 0 Å². The molecule has 1 saturated heterocycles. The number of nitrogens with one attached hydrogen (secondary N) is 1. The van der Waals surface area contributed by atoms with E-state index < -0.39 is 0 Å². The fourth-order valence-electron chi connectivity index (χ4n) is 3.49. The monoisotopic (exact) mass is 346 g/mol. The summed E-state index contributed by atoms with van der Waals surface area (Å²) in [5.74, 6) is -0.124. The van der Waals surface area contributed by atoms with E-state index in [0.717, 1.165) is 30.4 Å². The summed E-state index contributed by atoms with van der Waals surface area (Å²) < 4.78 is 0. The van der Waals surface area contributed by atoms with Crippen molar-refractivity contribution in [3.05, 3.63) is 34.9 Å². The molecule has 2 atom stereocenters. The molecular formula is C20H30N2O3. The summed E-state index contributed by atoms with van der Waals surface area (Å²) in [5.41, 5.74) is 2.86. The molecule has 2 amide bonds. The van der Waals surface area contributed by atoms with Crippen molar-refractivity contribution in [3.8, 4) is 0 Å². The van der Waals surface area contributed by atoms with Gasteiger partial charge in [-0.1, -0.05) is 17.2 Å². The van der Waals surface area contributed by atoms with E-state index in [-0.39, 0.29) is 30.4 Å². The SMILES string of the molecule is Cc1cc(C)cc(C(=O)N2CCCC(C(=O)NC(C)CCCO)C2)c1. The van der Waals surface area contributed by atoms with E-state index in [9.17, 15) is 9.59 Å². The molecule has 0 aliphatic carbocycles. The lowest BCUT2D eigenvalue weighted by atomic mass is 9.95. The molecule has 1 heterocycles. The Morgan fingerprint density at radius 1 is 1.28 bits per heavy atom. The summed E-state index contributed by atoms with van der Waals surface area (Å²) in [5, 5.41) is 11.9. The maximum absolute atomic E-state index is 12.8. The van der Waals surface area contributed by atoms with E-state index in [1.54, 1.807) is 4.90 Å². The van der Waals surface area contributed by atoms with E-state index in [1.807, 2.05) is 32.9 Å². The van der Waals surface area contributed by atoms with Crippen LogP contribution in [0.1, 0.15) is 54.1 Å². The quantitative estimate of drug-likeness (QED) is 0.831. The third-order valence-electron chi connectivity index (χ3n) is 4.73. The minimum absolute atomic E-state index is 0.0117. The molecular weight excluding hydrogens is 316 g/mol. The molecule has 5 heteroatoms. The van der Waals surface area contributed by atoms with Crippen LogP contribution >= 0.6 is 0 Å². The molecule has 1 fully saturated rings. The second-order valence-corrected chi connectivity index (χ2v) is 7.24. The minimum atomic E-state index is -0.153. The molecule has 138 valence electrons. The Morgan fingerprint density at radius 3 is 2.60 bits per heavy atom. The molecule has 1 aliphatic rings. The summed E-state index contributed by atoms with van der Waals surface area (Å²) in [6.45, 7) is 7.25. The van der Waals surface area contributed by atoms with Crippen LogP contribution in [0.2, 0.25) is 0 Å². The number of nitrogens with zero attached hydrogens (tertiary/aromatic N) is 1. The fourth-order valence-corrected chi connectivity index (χ4v) is 3.49. The number of amides is 2. The van der Waals surface area contributed by atoms with Crippen LogP contribution in [-0.2, 0) is 4.79 Å². The molecule has 0 spiro atoms. The van der Waals surface area contributed by atoms with Crippen LogP contribution in [0, 0.1) is 19.8 Å². The zero-order valence-corrected chi connectivity index (χ0v) is 15.5. The largest absolute Gasteiger partial charge is 0.396 e. The Morgan fingerprint density at radius 2 is 1.96 bits per heavy atom. The molecule has 0 bridgehead atoms. The van der Waals surface area contributed by atoms with Crippen LogP contribution in [0.25, 0.3) is 0 Å². The number of rotatable bonds is 6. The number of likely N-dealkylation sites (tertiary alicyclic amines) is 1. The maximum Gasteiger partial charge on any atom is 0.253 e. The molecule has 2 rings (SSSR count). The summed E-state index contributed by atoms with van der Waals surface area (Å²) >= 11 is 0. The van der Waals surface area contributed by atoms with E-state index in [0.29, 0.717) is 25.1 Å². The molecule has 1 aliphatic heterocycles. The lowest BCUT2D eigenvalue weighted by Crippen LogP contribution is -2.47. The van der Waals surface area contributed by atoms with E-state index in [4.69, 9.17) is 5.11 Å². The number of carbonyl (C=O) groups excluding carboxylic acids is 2. The van der Waals surface area contributed by atoms with Crippen LogP contribution in [0.3, 0.4) is 0 Å². The van der Waals surface area contributed by atoms with Gasteiger partial charge in [0.05, 0.1) is 5.92 Å². The molecule has 2 unspecified atom stereocenters. The van der Waals surface area contributed by atoms with Gasteiger partial charge in [-0.3, -0.25) is 9.59 Å². The molecule has 5 nitrogen and oxygen atoms in total. The van der Waals surface area contributed by atoms with Crippen LogP contribution in [0.4, 0.5) is 0 Å². The smallest absolute Gasteiger partial charge is 0.253 e. The summed E-state index contributed by atoms with van der Waals surface area (Å²) in [6.07, 6.45) is 3.11. The minimum Gasteiger partial charge on any atom is -0.396 e. The van der Waals surface area contributed by atoms with Crippen LogP contribution in [0.5, 0.6) is 0 Å². The van der Waals surface area contributed by atoms with Gasteiger partial charge in [-0.05, 0) is 58.6 Å². The van der Waals surface area contributed by atoms with E-state index >= 15 is 0 Å². The molecule has 1 aromatic rings. The second-order valence-electron chi connectivity index (χ2n) is 7.24. The average Bonchev–Trinajstić information content (AvgIpc) is 2.58. The standard InChI is InChI=1S/C20H30N2O3/c1-14-10-15(2)12-18(11-14)20(25)22-8-4-7-17(13-22)19(24)21-16(3)6-5-9-23/h10-12,16-17,23H,4-9,13H2,1-3H3,(H,21,24). The maximum atomic E-state index is 12.8. The van der Waals surface area contributed by atoms with E-state index in [2.05, 4.69) is 11.4 Å². The second kappa shape index (κ2) is 8.99. The lowest BCUT2D eigenvalue weighted by Gasteiger charge is -2.33. The third-order valence-corrected chi connectivity index (χ3v) is 4.73. The molecule has 2 N–H and O–H groups in total. The van der Waals surface area contributed by atoms with Gasteiger partial charge in [0.15, 0.2) is 0 Å². The zero-order valence-electron chi connectivity index (χ0n) is 15.5. The summed E-state index contributed by atoms with van der Waals surface area (Å²) in [7, 11) is 0. The highest BCUT2D eigenvalue weighted by molar-refractivity contribution is 5.95. The Labute approximate surface area is 150 Å². The molecule has 0 saturated carbocycles. The fraction of sp³-hybridized carbons (Fsp3) is 0.600. The predicted molar refractivity (Wildman–Crippen MR) is 98.5 cm³/mol. The number of aryl methyl sites for hydroxylation is 2. The van der Waals surface area contributed by atoms with Crippen LogP contribution in [0.15, 0.2) is 18.2 Å². The third kappa shape index (κ3) is 5.56. The van der Waals surface area contributed by atoms with Gasteiger partial charge in [0.2, 0.25) is 5.91 Å². The number of aliphatic hydroxyl groups excluding tert-OH is 1. The van der Waals surface area contributed by atoms with Crippen LogP contribution < -0.4 is 5.32 Å². The van der Waals surface area contributed by atoms with Gasteiger partial charge in [0, 0.05) is 31.3 Å². The number of benzene rings is 1. The van der Waals surface area contributed by atoms with Gasteiger partial charge in [0.25, 0.3) is 5.91 Å². The van der Waals surface area contributed by atoms with Gasteiger partial charge < -0.3 is 15.3 Å². The average molecular weight is 346 g/mol. The first-order valence-electron chi connectivity index (χ1n) is 9.19. The van der Waals surface area contributed by atoms with Crippen molar-refractivity contribution >= 4 is 11.8 Å². The first kappa shape index (κ1) is 19.4. The Bertz CT molecular complexity index is 595. The first-order chi connectivity index (χ1) is 11.9. The molecule has 0 radical (unpaired) electrons. The highest BCUT2D eigenvalue weighted by Gasteiger charge is 2.29. The van der Waals surface area contributed by atoms with Crippen molar-refractivity contribution in [3.63, 3.8) is 0 Å². The molecule has 25 heavy (non-hydrogen) atoms. The Balaban J connectivity index is 1.97. The Kier molecular flexibility index (Phi) is 7.00. The van der Waals surface area contributed by atoms with Crippen molar-refractivity contribution in [2.45, 2.75) is 52.5 Å². The molecule has 0 aromatic heterocycles. The van der Waals surface area contributed by atoms with Crippen molar-refractivity contribution in [1.82, 2.24) is 10.2 Å². The van der Waals surface area contributed by atoms with Crippen LogP contribution in [-0.4, -0.2) is 47.6 Å². The predicted octanol–water partition coefficient (Wildman–Crippen LogP) is 2.43. The highest BCUT2D eigenvalue weighted by atomic mass is 16.3. The summed E-state index contributed by atoms with van der Waals surface area (Å²) in [4.78, 5) is 27.1.